The van der Waals surface area contributed by atoms with Gasteiger partial charge in [-0.25, -0.2) is 4.79 Å². The van der Waals surface area contributed by atoms with Crippen molar-refractivity contribution in [2.24, 2.45) is 0 Å². The molecule has 0 unspecified atom stereocenters. The SMILES string of the molecule is CCOc1c(N)cccc1C(=O)OCc1ccc(Cl)cc1. The Labute approximate surface area is 128 Å². The summed E-state index contributed by atoms with van der Waals surface area (Å²) in [5.41, 5.74) is 7.42. The summed E-state index contributed by atoms with van der Waals surface area (Å²) in [7, 11) is 0. The highest BCUT2D eigenvalue weighted by atomic mass is 35.5. The quantitative estimate of drug-likeness (QED) is 0.676. The molecule has 0 saturated carbocycles. The summed E-state index contributed by atoms with van der Waals surface area (Å²) in [4.78, 5) is 12.1. The number of hydrogen-bond acceptors (Lipinski definition) is 4. The number of carbonyl (C=O) groups excluding carboxylic acids is 1. The van der Waals surface area contributed by atoms with E-state index < -0.39 is 5.97 Å². The van der Waals surface area contributed by atoms with Crippen LogP contribution in [0, 0.1) is 0 Å². The molecule has 0 aliphatic heterocycles. The largest absolute Gasteiger partial charge is 0.491 e. The third-order valence-electron chi connectivity index (χ3n) is 2.84. The van der Waals surface area contributed by atoms with E-state index in [1.165, 1.54) is 0 Å². The lowest BCUT2D eigenvalue weighted by Gasteiger charge is -2.12. The topological polar surface area (TPSA) is 61.5 Å². The van der Waals surface area contributed by atoms with Crippen LogP contribution in [0.5, 0.6) is 5.75 Å². The maximum Gasteiger partial charge on any atom is 0.342 e. The Bertz CT molecular complexity index is 626. The van der Waals surface area contributed by atoms with Crippen LogP contribution < -0.4 is 10.5 Å². The fourth-order valence-electron chi connectivity index (χ4n) is 1.83. The Morgan fingerprint density at radius 1 is 1.19 bits per heavy atom. The molecule has 0 aliphatic carbocycles. The number of nitrogen functional groups attached to an aromatic ring is 1. The Morgan fingerprint density at radius 2 is 1.90 bits per heavy atom. The lowest BCUT2D eigenvalue weighted by atomic mass is 10.1. The molecule has 0 aliphatic rings. The molecule has 2 rings (SSSR count). The number of rotatable bonds is 5. The van der Waals surface area contributed by atoms with Gasteiger partial charge in [0.2, 0.25) is 0 Å². The minimum Gasteiger partial charge on any atom is -0.491 e. The van der Waals surface area contributed by atoms with E-state index in [0.29, 0.717) is 28.6 Å². The van der Waals surface area contributed by atoms with Crippen LogP contribution in [0.1, 0.15) is 22.8 Å². The minimum absolute atomic E-state index is 0.163. The highest BCUT2D eigenvalue weighted by molar-refractivity contribution is 6.30. The summed E-state index contributed by atoms with van der Waals surface area (Å²) in [6.45, 7) is 2.41. The predicted octanol–water partition coefficient (Wildman–Crippen LogP) is 3.68. The third-order valence-corrected chi connectivity index (χ3v) is 3.09. The zero-order valence-corrected chi connectivity index (χ0v) is 12.4. The Morgan fingerprint density at radius 3 is 2.57 bits per heavy atom. The van der Waals surface area contributed by atoms with Gasteiger partial charge in [-0.15, -0.1) is 0 Å². The van der Waals surface area contributed by atoms with Gasteiger partial charge in [0.25, 0.3) is 0 Å². The average Bonchev–Trinajstić information content (AvgIpc) is 2.48. The van der Waals surface area contributed by atoms with E-state index in [1.54, 1.807) is 42.5 Å². The first-order valence-corrected chi connectivity index (χ1v) is 6.92. The molecule has 110 valence electrons. The molecule has 4 nitrogen and oxygen atoms in total. The summed E-state index contributed by atoms with van der Waals surface area (Å²) in [6, 6.07) is 12.1. The van der Waals surface area contributed by atoms with Crippen molar-refractivity contribution in [2.75, 3.05) is 12.3 Å². The molecule has 0 saturated heterocycles. The Kier molecular flexibility index (Phi) is 5.06. The molecule has 0 bridgehead atoms. The number of carbonyl (C=O) groups is 1. The van der Waals surface area contributed by atoms with Crippen molar-refractivity contribution >= 4 is 23.3 Å². The van der Waals surface area contributed by atoms with Gasteiger partial charge in [0.1, 0.15) is 12.2 Å². The molecule has 0 fully saturated rings. The molecule has 0 radical (unpaired) electrons. The molecule has 2 aromatic carbocycles. The van der Waals surface area contributed by atoms with E-state index in [9.17, 15) is 4.79 Å². The fourth-order valence-corrected chi connectivity index (χ4v) is 1.95. The van der Waals surface area contributed by atoms with Crippen LogP contribution in [0.15, 0.2) is 42.5 Å². The molecule has 0 atom stereocenters. The number of hydrogen-bond donors (Lipinski definition) is 1. The number of anilines is 1. The normalized spacial score (nSPS) is 10.2. The molecule has 0 amide bonds. The predicted molar refractivity (Wildman–Crippen MR) is 82.6 cm³/mol. The molecule has 5 heteroatoms. The van der Waals surface area contributed by atoms with Crippen molar-refractivity contribution < 1.29 is 14.3 Å². The summed E-state index contributed by atoms with van der Waals surface area (Å²) < 4.78 is 10.7. The first-order valence-electron chi connectivity index (χ1n) is 6.54. The van der Waals surface area contributed by atoms with E-state index in [-0.39, 0.29) is 6.61 Å². The van der Waals surface area contributed by atoms with Gasteiger partial charge in [-0.3, -0.25) is 0 Å². The first-order chi connectivity index (χ1) is 10.1. The van der Waals surface area contributed by atoms with Crippen LogP contribution >= 0.6 is 11.6 Å². The second kappa shape index (κ2) is 6.99. The summed E-state index contributed by atoms with van der Waals surface area (Å²) >= 11 is 5.81. The smallest absolute Gasteiger partial charge is 0.342 e. The second-order valence-corrected chi connectivity index (χ2v) is 4.80. The lowest BCUT2D eigenvalue weighted by Crippen LogP contribution is -2.09. The van der Waals surface area contributed by atoms with Crippen LogP contribution in [0.2, 0.25) is 5.02 Å². The van der Waals surface area contributed by atoms with Crippen LogP contribution in [-0.4, -0.2) is 12.6 Å². The van der Waals surface area contributed by atoms with Crippen LogP contribution in [0.4, 0.5) is 5.69 Å². The van der Waals surface area contributed by atoms with Crippen molar-refractivity contribution in [2.45, 2.75) is 13.5 Å². The maximum absolute atomic E-state index is 12.1. The zero-order valence-electron chi connectivity index (χ0n) is 11.6. The molecular weight excluding hydrogens is 290 g/mol. The van der Waals surface area contributed by atoms with E-state index in [1.807, 2.05) is 6.92 Å². The van der Waals surface area contributed by atoms with Gasteiger partial charge in [-0.2, -0.15) is 0 Å². The highest BCUT2D eigenvalue weighted by Gasteiger charge is 2.16. The fraction of sp³-hybridized carbons (Fsp3) is 0.188. The van der Waals surface area contributed by atoms with E-state index in [4.69, 9.17) is 26.8 Å². The third kappa shape index (κ3) is 3.89. The highest BCUT2D eigenvalue weighted by Crippen LogP contribution is 2.27. The average molecular weight is 306 g/mol. The van der Waals surface area contributed by atoms with Gasteiger partial charge < -0.3 is 15.2 Å². The number of ether oxygens (including phenoxy) is 2. The van der Waals surface area contributed by atoms with Crippen LogP contribution in [-0.2, 0) is 11.3 Å². The van der Waals surface area contributed by atoms with Crippen LogP contribution in [0.3, 0.4) is 0 Å². The summed E-state index contributed by atoms with van der Waals surface area (Å²) in [5, 5.41) is 0.638. The van der Waals surface area contributed by atoms with Gasteiger partial charge in [-0.05, 0) is 36.8 Å². The molecule has 2 aromatic rings. The number of benzene rings is 2. The van der Waals surface area contributed by atoms with E-state index in [0.717, 1.165) is 5.56 Å². The minimum atomic E-state index is -0.472. The van der Waals surface area contributed by atoms with Gasteiger partial charge >= 0.3 is 5.97 Å². The van der Waals surface area contributed by atoms with Crippen LogP contribution in [0.25, 0.3) is 0 Å². The van der Waals surface area contributed by atoms with Crippen molar-refractivity contribution in [3.05, 3.63) is 58.6 Å². The van der Waals surface area contributed by atoms with Crippen molar-refractivity contribution in [1.82, 2.24) is 0 Å². The molecular formula is C16H16ClNO3. The Hall–Kier alpha value is -2.20. The summed E-state index contributed by atoms with van der Waals surface area (Å²) in [6.07, 6.45) is 0. The number of halogens is 1. The van der Waals surface area contributed by atoms with Gasteiger partial charge in [0.05, 0.1) is 12.3 Å². The monoisotopic (exact) mass is 305 g/mol. The van der Waals surface area contributed by atoms with Crippen molar-refractivity contribution in [1.29, 1.82) is 0 Å². The number of para-hydroxylation sites is 1. The molecule has 0 aromatic heterocycles. The van der Waals surface area contributed by atoms with Gasteiger partial charge in [-0.1, -0.05) is 29.8 Å². The zero-order chi connectivity index (χ0) is 15.2. The molecule has 21 heavy (non-hydrogen) atoms. The van der Waals surface area contributed by atoms with Gasteiger partial charge in [0.15, 0.2) is 5.75 Å². The van der Waals surface area contributed by atoms with Gasteiger partial charge in [0, 0.05) is 5.02 Å². The molecule has 0 heterocycles. The number of nitrogens with two attached hydrogens (primary N) is 1. The second-order valence-electron chi connectivity index (χ2n) is 4.36. The van der Waals surface area contributed by atoms with Crippen molar-refractivity contribution in [3.63, 3.8) is 0 Å². The molecule has 2 N–H and O–H groups in total. The molecule has 0 spiro atoms. The standard InChI is InChI=1S/C16H16ClNO3/c1-2-20-15-13(4-3-5-14(15)18)16(19)21-10-11-6-8-12(17)9-7-11/h3-9H,2,10,18H2,1H3. The summed E-state index contributed by atoms with van der Waals surface area (Å²) in [5.74, 6) is -0.109. The first kappa shape index (κ1) is 15.2. The van der Waals surface area contributed by atoms with E-state index in [2.05, 4.69) is 0 Å². The van der Waals surface area contributed by atoms with E-state index >= 15 is 0 Å². The lowest BCUT2D eigenvalue weighted by molar-refractivity contribution is 0.0468. The maximum atomic E-state index is 12.1. The number of esters is 1. The van der Waals surface area contributed by atoms with Crippen molar-refractivity contribution in [3.8, 4) is 5.75 Å². The Balaban J connectivity index is 2.10.